The van der Waals surface area contributed by atoms with Gasteiger partial charge in [-0.1, -0.05) is 31.5 Å². The van der Waals surface area contributed by atoms with Gasteiger partial charge in [-0.15, -0.1) is 12.4 Å². The van der Waals surface area contributed by atoms with Crippen molar-refractivity contribution >= 4 is 24.0 Å². The van der Waals surface area contributed by atoms with E-state index in [0.29, 0.717) is 12.3 Å². The van der Waals surface area contributed by atoms with Crippen LogP contribution in [0.25, 0.3) is 0 Å². The molecule has 1 aromatic carbocycles. The van der Waals surface area contributed by atoms with Crippen molar-refractivity contribution in [3.05, 3.63) is 29.8 Å². The van der Waals surface area contributed by atoms with Gasteiger partial charge in [-0.2, -0.15) is 0 Å². The lowest BCUT2D eigenvalue weighted by Crippen LogP contribution is -2.28. The normalized spacial score (nSPS) is 18.2. The molecule has 0 saturated carbocycles. The fraction of sp³-hybridized carbons (Fsp3) is 0.533. The Morgan fingerprint density at radius 3 is 2.79 bits per heavy atom. The number of halogens is 1. The predicted molar refractivity (Wildman–Crippen MR) is 81.4 cm³/mol. The van der Waals surface area contributed by atoms with Crippen molar-refractivity contribution in [3.8, 4) is 0 Å². The molecule has 0 aromatic heterocycles. The standard InChI is InChI=1S/C15H22N2O.ClH/c1-2-12-9-10-17(11-12)15(18)8-7-13-5-3-4-6-14(13)16;/h3-6,12H,2,7-11,16H2,1H3;1H. The minimum absolute atomic E-state index is 0. The number of hydrogen-bond donors (Lipinski definition) is 1. The summed E-state index contributed by atoms with van der Waals surface area (Å²) in [6, 6.07) is 7.79. The summed E-state index contributed by atoms with van der Waals surface area (Å²) >= 11 is 0. The summed E-state index contributed by atoms with van der Waals surface area (Å²) < 4.78 is 0. The van der Waals surface area contributed by atoms with Gasteiger partial charge in [0.1, 0.15) is 0 Å². The molecular weight excluding hydrogens is 260 g/mol. The van der Waals surface area contributed by atoms with E-state index in [1.165, 1.54) is 6.42 Å². The van der Waals surface area contributed by atoms with E-state index in [0.717, 1.165) is 37.2 Å². The molecule has 0 bridgehead atoms. The summed E-state index contributed by atoms with van der Waals surface area (Å²) in [5.41, 5.74) is 7.75. The van der Waals surface area contributed by atoms with Crippen molar-refractivity contribution in [2.24, 2.45) is 5.92 Å². The number of hydrogen-bond acceptors (Lipinski definition) is 2. The second-order valence-electron chi connectivity index (χ2n) is 5.10. The zero-order chi connectivity index (χ0) is 13.0. The van der Waals surface area contributed by atoms with E-state index in [-0.39, 0.29) is 18.3 Å². The van der Waals surface area contributed by atoms with E-state index in [1.54, 1.807) is 0 Å². The van der Waals surface area contributed by atoms with Crippen LogP contribution in [-0.2, 0) is 11.2 Å². The molecule has 1 aromatic rings. The van der Waals surface area contributed by atoms with Crippen LogP contribution in [0.15, 0.2) is 24.3 Å². The van der Waals surface area contributed by atoms with E-state index in [2.05, 4.69) is 6.92 Å². The molecule has 1 amide bonds. The maximum atomic E-state index is 12.1. The second kappa shape index (κ2) is 7.39. The van der Waals surface area contributed by atoms with Crippen LogP contribution in [-0.4, -0.2) is 23.9 Å². The number of para-hydroxylation sites is 1. The number of nitrogens with two attached hydrogens (primary N) is 1. The molecule has 2 N–H and O–H groups in total. The molecule has 1 atom stereocenters. The van der Waals surface area contributed by atoms with Gasteiger partial charge >= 0.3 is 0 Å². The number of carbonyl (C=O) groups is 1. The number of nitrogens with zero attached hydrogens (tertiary/aromatic N) is 1. The van der Waals surface area contributed by atoms with Crippen LogP contribution < -0.4 is 5.73 Å². The summed E-state index contributed by atoms with van der Waals surface area (Å²) in [7, 11) is 0. The van der Waals surface area contributed by atoms with Crippen LogP contribution in [0.4, 0.5) is 5.69 Å². The summed E-state index contributed by atoms with van der Waals surface area (Å²) in [6.07, 6.45) is 3.66. The predicted octanol–water partition coefficient (Wildman–Crippen LogP) is 2.88. The maximum absolute atomic E-state index is 12.1. The van der Waals surface area contributed by atoms with E-state index in [4.69, 9.17) is 5.73 Å². The van der Waals surface area contributed by atoms with E-state index in [1.807, 2.05) is 29.2 Å². The van der Waals surface area contributed by atoms with Gasteiger partial charge in [-0.25, -0.2) is 0 Å². The number of anilines is 1. The quantitative estimate of drug-likeness (QED) is 0.863. The highest BCUT2D eigenvalue weighted by Crippen LogP contribution is 2.20. The number of carbonyl (C=O) groups excluding carboxylic acids is 1. The molecular formula is C15H23ClN2O. The molecule has 19 heavy (non-hydrogen) atoms. The van der Waals surface area contributed by atoms with Crippen LogP contribution in [0.5, 0.6) is 0 Å². The number of aryl methyl sites for hydroxylation is 1. The monoisotopic (exact) mass is 282 g/mol. The van der Waals surface area contributed by atoms with Crippen molar-refractivity contribution in [2.45, 2.75) is 32.6 Å². The Hall–Kier alpha value is -1.22. The molecule has 106 valence electrons. The number of nitrogen functional groups attached to an aromatic ring is 1. The average Bonchev–Trinajstić information content (AvgIpc) is 2.86. The highest BCUT2D eigenvalue weighted by atomic mass is 35.5. The first-order valence-electron chi connectivity index (χ1n) is 6.82. The first kappa shape index (κ1) is 15.8. The first-order valence-corrected chi connectivity index (χ1v) is 6.82. The topological polar surface area (TPSA) is 46.3 Å². The molecule has 1 aliphatic rings. The molecule has 1 saturated heterocycles. The number of likely N-dealkylation sites (tertiary alicyclic amines) is 1. The maximum Gasteiger partial charge on any atom is 0.222 e. The van der Waals surface area contributed by atoms with Crippen molar-refractivity contribution < 1.29 is 4.79 Å². The second-order valence-corrected chi connectivity index (χ2v) is 5.10. The highest BCUT2D eigenvalue weighted by Gasteiger charge is 2.24. The van der Waals surface area contributed by atoms with Gasteiger partial charge in [0.05, 0.1) is 0 Å². The van der Waals surface area contributed by atoms with Gasteiger partial charge in [0.2, 0.25) is 5.91 Å². The van der Waals surface area contributed by atoms with Crippen molar-refractivity contribution in [1.82, 2.24) is 4.90 Å². The number of amides is 1. The van der Waals surface area contributed by atoms with Crippen molar-refractivity contribution in [3.63, 3.8) is 0 Å². The molecule has 1 unspecified atom stereocenters. The molecule has 3 nitrogen and oxygen atoms in total. The van der Waals surface area contributed by atoms with Crippen LogP contribution in [0.2, 0.25) is 0 Å². The molecule has 4 heteroatoms. The third-order valence-electron chi connectivity index (χ3n) is 3.88. The summed E-state index contributed by atoms with van der Waals surface area (Å²) in [5.74, 6) is 0.977. The first-order chi connectivity index (χ1) is 8.70. The number of benzene rings is 1. The van der Waals surface area contributed by atoms with Gasteiger partial charge in [0.15, 0.2) is 0 Å². The minimum Gasteiger partial charge on any atom is -0.399 e. The van der Waals surface area contributed by atoms with Gasteiger partial charge in [0.25, 0.3) is 0 Å². The molecule has 1 fully saturated rings. The minimum atomic E-state index is 0. The van der Waals surface area contributed by atoms with E-state index < -0.39 is 0 Å². The Labute approximate surface area is 121 Å². The highest BCUT2D eigenvalue weighted by molar-refractivity contribution is 5.85. The summed E-state index contributed by atoms with van der Waals surface area (Å²) in [4.78, 5) is 14.1. The molecule has 2 rings (SSSR count). The fourth-order valence-electron chi connectivity index (χ4n) is 2.55. The molecule has 0 spiro atoms. The Bertz CT molecular complexity index is 422. The number of rotatable bonds is 4. The Balaban J connectivity index is 0.00000180. The van der Waals surface area contributed by atoms with Gasteiger partial charge in [-0.05, 0) is 30.4 Å². The van der Waals surface area contributed by atoms with E-state index >= 15 is 0 Å². The molecule has 0 aliphatic carbocycles. The third kappa shape index (κ3) is 4.13. The Morgan fingerprint density at radius 1 is 1.42 bits per heavy atom. The smallest absolute Gasteiger partial charge is 0.222 e. The summed E-state index contributed by atoms with van der Waals surface area (Å²) in [6.45, 7) is 4.07. The lowest BCUT2D eigenvalue weighted by atomic mass is 10.1. The lowest BCUT2D eigenvalue weighted by Gasteiger charge is -2.16. The third-order valence-corrected chi connectivity index (χ3v) is 3.88. The zero-order valence-corrected chi connectivity index (χ0v) is 12.3. The largest absolute Gasteiger partial charge is 0.399 e. The lowest BCUT2D eigenvalue weighted by molar-refractivity contribution is -0.130. The van der Waals surface area contributed by atoms with Gasteiger partial charge in [0, 0.05) is 25.2 Å². The van der Waals surface area contributed by atoms with E-state index in [9.17, 15) is 4.79 Å². The van der Waals surface area contributed by atoms with Crippen LogP contribution >= 0.6 is 12.4 Å². The Kier molecular flexibility index (Phi) is 6.16. The molecule has 1 heterocycles. The van der Waals surface area contributed by atoms with Crippen molar-refractivity contribution in [1.29, 1.82) is 0 Å². The molecule has 0 radical (unpaired) electrons. The molecule has 1 aliphatic heterocycles. The SMILES string of the molecule is CCC1CCN(C(=O)CCc2ccccc2N)C1.Cl. The van der Waals surface area contributed by atoms with Crippen molar-refractivity contribution in [2.75, 3.05) is 18.8 Å². The summed E-state index contributed by atoms with van der Waals surface area (Å²) in [5, 5.41) is 0. The zero-order valence-electron chi connectivity index (χ0n) is 11.5. The van der Waals surface area contributed by atoms with Crippen LogP contribution in [0, 0.1) is 5.92 Å². The fourth-order valence-corrected chi connectivity index (χ4v) is 2.55. The van der Waals surface area contributed by atoms with Crippen LogP contribution in [0.3, 0.4) is 0 Å². The average molecular weight is 283 g/mol. The van der Waals surface area contributed by atoms with Crippen LogP contribution in [0.1, 0.15) is 31.7 Å². The van der Waals surface area contributed by atoms with Gasteiger partial charge in [-0.3, -0.25) is 4.79 Å². The van der Waals surface area contributed by atoms with Gasteiger partial charge < -0.3 is 10.6 Å². The Morgan fingerprint density at radius 2 is 2.16 bits per heavy atom.